The van der Waals surface area contributed by atoms with Crippen LogP contribution in [0.5, 0.6) is 0 Å². The average molecular weight is 431 g/mol. The molecule has 0 radical (unpaired) electrons. The van der Waals surface area contributed by atoms with Gasteiger partial charge >= 0.3 is 6.03 Å². The molecule has 144 valence electrons. The number of nitrogens with two attached hydrogens (primary N) is 1. The van der Waals surface area contributed by atoms with Crippen molar-refractivity contribution in [2.24, 2.45) is 5.73 Å². The first-order chi connectivity index (χ1) is 12.6. The third kappa shape index (κ3) is 5.75. The van der Waals surface area contributed by atoms with Crippen LogP contribution in [0, 0.1) is 0 Å². The van der Waals surface area contributed by atoms with Gasteiger partial charge in [-0.15, -0.1) is 0 Å². The molecule has 1 atom stereocenters. The van der Waals surface area contributed by atoms with Gasteiger partial charge in [0.25, 0.3) is 10.0 Å². The van der Waals surface area contributed by atoms with Gasteiger partial charge < -0.3 is 16.4 Å². The summed E-state index contributed by atoms with van der Waals surface area (Å²) in [6, 6.07) is 8.26. The van der Waals surface area contributed by atoms with Crippen molar-refractivity contribution < 1.29 is 18.0 Å². The summed E-state index contributed by atoms with van der Waals surface area (Å²) in [6.45, 7) is 1.43. The zero-order chi connectivity index (χ0) is 20.2. The fraction of sp³-hybridized carbons (Fsp3) is 0.125. The van der Waals surface area contributed by atoms with Crippen molar-refractivity contribution in [3.8, 4) is 0 Å². The largest absolute Gasteiger partial charge is 0.352 e. The topological polar surface area (TPSA) is 130 Å². The zero-order valence-electron chi connectivity index (χ0n) is 14.0. The van der Waals surface area contributed by atoms with E-state index < -0.39 is 28.0 Å². The lowest BCUT2D eigenvalue weighted by Crippen LogP contribution is -2.44. The van der Waals surface area contributed by atoms with E-state index in [2.05, 4.69) is 15.4 Å². The maximum Gasteiger partial charge on any atom is 0.312 e. The average Bonchev–Trinajstić information content (AvgIpc) is 2.57. The molecule has 0 heterocycles. The highest BCUT2D eigenvalue weighted by Gasteiger charge is 2.20. The number of halogens is 2. The Balaban J connectivity index is 2.24. The summed E-state index contributed by atoms with van der Waals surface area (Å²) >= 11 is 11.8. The van der Waals surface area contributed by atoms with Crippen LogP contribution >= 0.6 is 23.2 Å². The maximum atomic E-state index is 12.6. The van der Waals surface area contributed by atoms with Crippen LogP contribution in [-0.2, 0) is 14.8 Å². The SMILES string of the molecule is C[C@@H](NC(N)=O)C(=O)Nc1ccc(Cl)c(S(=O)(=O)Nc2ccc(Cl)cc2)c1. The van der Waals surface area contributed by atoms with Crippen LogP contribution < -0.4 is 21.1 Å². The van der Waals surface area contributed by atoms with Crippen LogP contribution in [0.15, 0.2) is 47.4 Å². The summed E-state index contributed by atoms with van der Waals surface area (Å²) in [5.74, 6) is -0.579. The van der Waals surface area contributed by atoms with Crippen molar-refractivity contribution in [1.29, 1.82) is 0 Å². The minimum Gasteiger partial charge on any atom is -0.352 e. The van der Waals surface area contributed by atoms with Gasteiger partial charge in [0.05, 0.1) is 5.02 Å². The lowest BCUT2D eigenvalue weighted by atomic mass is 10.2. The molecule has 2 aromatic rings. The number of carbonyl (C=O) groups excluding carboxylic acids is 2. The number of sulfonamides is 1. The highest BCUT2D eigenvalue weighted by Crippen LogP contribution is 2.27. The summed E-state index contributed by atoms with van der Waals surface area (Å²) < 4.78 is 27.6. The van der Waals surface area contributed by atoms with Gasteiger partial charge in [-0.25, -0.2) is 13.2 Å². The standard InChI is InChI=1S/C16H16Cl2N4O4S/c1-9(20-16(19)24)15(23)21-12-6-7-13(18)14(8-12)27(25,26)22-11-4-2-10(17)3-5-11/h2-9,22H,1H3,(H,21,23)(H3,19,20,24)/t9-/m1/s1. The molecule has 2 aromatic carbocycles. The highest BCUT2D eigenvalue weighted by molar-refractivity contribution is 7.92. The van der Waals surface area contributed by atoms with Crippen molar-refractivity contribution in [2.75, 3.05) is 10.0 Å². The summed E-state index contributed by atoms with van der Waals surface area (Å²) in [5.41, 5.74) is 5.44. The van der Waals surface area contributed by atoms with Gasteiger partial charge in [0.1, 0.15) is 10.9 Å². The van der Waals surface area contributed by atoms with Gasteiger partial charge in [0.15, 0.2) is 0 Å². The molecule has 0 aliphatic carbocycles. The zero-order valence-corrected chi connectivity index (χ0v) is 16.3. The van der Waals surface area contributed by atoms with E-state index in [-0.39, 0.29) is 15.6 Å². The van der Waals surface area contributed by atoms with Gasteiger partial charge in [-0.2, -0.15) is 0 Å². The Bertz CT molecular complexity index is 965. The molecule has 3 amide bonds. The van der Waals surface area contributed by atoms with Gasteiger partial charge in [-0.3, -0.25) is 9.52 Å². The number of carbonyl (C=O) groups is 2. The highest BCUT2D eigenvalue weighted by atomic mass is 35.5. The first-order valence-corrected chi connectivity index (χ1v) is 9.77. The van der Waals surface area contributed by atoms with E-state index in [1.807, 2.05) is 0 Å². The minimum atomic E-state index is -4.02. The third-order valence-electron chi connectivity index (χ3n) is 3.34. The van der Waals surface area contributed by atoms with Crippen LogP contribution in [0.2, 0.25) is 10.0 Å². The van der Waals surface area contributed by atoms with E-state index in [1.54, 1.807) is 0 Å². The molecule has 0 fully saturated rings. The Morgan fingerprint density at radius 2 is 1.63 bits per heavy atom. The van der Waals surface area contributed by atoms with Crippen molar-refractivity contribution >= 4 is 56.5 Å². The number of anilines is 2. The molecular formula is C16H16Cl2N4O4S. The molecule has 27 heavy (non-hydrogen) atoms. The molecule has 2 rings (SSSR count). The van der Waals surface area contributed by atoms with E-state index in [0.717, 1.165) is 0 Å². The fourth-order valence-electron chi connectivity index (χ4n) is 2.04. The van der Waals surface area contributed by atoms with Gasteiger partial charge in [0.2, 0.25) is 5.91 Å². The number of nitrogens with one attached hydrogen (secondary N) is 3. The van der Waals surface area contributed by atoms with Crippen molar-refractivity contribution in [2.45, 2.75) is 17.9 Å². The van der Waals surface area contributed by atoms with E-state index >= 15 is 0 Å². The van der Waals surface area contributed by atoms with E-state index in [4.69, 9.17) is 28.9 Å². The second-order valence-electron chi connectivity index (χ2n) is 5.48. The van der Waals surface area contributed by atoms with Crippen LogP contribution in [0.1, 0.15) is 6.92 Å². The first kappa shape index (κ1) is 20.8. The lowest BCUT2D eigenvalue weighted by Gasteiger charge is -2.14. The molecule has 0 spiro atoms. The third-order valence-corrected chi connectivity index (χ3v) is 5.45. The number of urea groups is 1. The molecule has 0 saturated heterocycles. The van der Waals surface area contributed by atoms with Gasteiger partial charge in [-0.1, -0.05) is 23.2 Å². The summed E-state index contributed by atoms with van der Waals surface area (Å²) in [4.78, 5) is 22.6. The summed E-state index contributed by atoms with van der Waals surface area (Å²) in [5, 5.41) is 5.12. The number of primary amides is 1. The number of benzene rings is 2. The number of hydrogen-bond donors (Lipinski definition) is 4. The smallest absolute Gasteiger partial charge is 0.312 e. The first-order valence-electron chi connectivity index (χ1n) is 7.53. The van der Waals surface area contributed by atoms with Gasteiger partial charge in [0, 0.05) is 16.4 Å². The predicted molar refractivity (Wildman–Crippen MR) is 105 cm³/mol. The Hall–Kier alpha value is -2.49. The van der Waals surface area contributed by atoms with Gasteiger partial charge in [-0.05, 0) is 49.4 Å². The van der Waals surface area contributed by atoms with Crippen molar-refractivity contribution in [3.05, 3.63) is 52.5 Å². The van der Waals surface area contributed by atoms with E-state index in [1.165, 1.54) is 49.4 Å². The molecule has 0 saturated carbocycles. The van der Waals surface area contributed by atoms with E-state index in [9.17, 15) is 18.0 Å². The molecule has 11 heteroatoms. The molecule has 8 nitrogen and oxygen atoms in total. The molecule has 0 aliphatic heterocycles. The number of amides is 3. The van der Waals surface area contributed by atoms with E-state index in [0.29, 0.717) is 10.7 Å². The molecule has 0 bridgehead atoms. The van der Waals surface area contributed by atoms with Crippen LogP contribution in [0.4, 0.5) is 16.2 Å². The number of rotatable bonds is 6. The lowest BCUT2D eigenvalue weighted by molar-refractivity contribution is -0.117. The molecule has 5 N–H and O–H groups in total. The Morgan fingerprint density at radius 3 is 2.22 bits per heavy atom. The Labute approximate surface area is 166 Å². The Morgan fingerprint density at radius 1 is 1.04 bits per heavy atom. The maximum absolute atomic E-state index is 12.6. The molecule has 0 aliphatic rings. The van der Waals surface area contributed by atoms with Crippen LogP contribution in [0.3, 0.4) is 0 Å². The minimum absolute atomic E-state index is 0.0298. The molecular weight excluding hydrogens is 415 g/mol. The second kappa shape index (κ2) is 8.47. The quantitative estimate of drug-likeness (QED) is 0.560. The molecule has 0 aromatic heterocycles. The van der Waals surface area contributed by atoms with Crippen LogP contribution in [0.25, 0.3) is 0 Å². The van der Waals surface area contributed by atoms with Crippen LogP contribution in [-0.4, -0.2) is 26.4 Å². The number of hydrogen-bond acceptors (Lipinski definition) is 4. The second-order valence-corrected chi connectivity index (χ2v) is 7.97. The fourth-order valence-corrected chi connectivity index (χ4v) is 3.76. The van der Waals surface area contributed by atoms with Crippen molar-refractivity contribution in [1.82, 2.24) is 5.32 Å². The Kier molecular flexibility index (Phi) is 6.53. The summed E-state index contributed by atoms with van der Waals surface area (Å²) in [6.07, 6.45) is 0. The predicted octanol–water partition coefficient (Wildman–Crippen LogP) is 2.79. The van der Waals surface area contributed by atoms with Crippen molar-refractivity contribution in [3.63, 3.8) is 0 Å². The molecule has 0 unspecified atom stereocenters. The summed E-state index contributed by atoms with van der Waals surface area (Å²) in [7, 11) is -4.02. The monoisotopic (exact) mass is 430 g/mol. The normalized spacial score (nSPS) is 12.1.